The van der Waals surface area contributed by atoms with Crippen LogP contribution in [0.25, 0.3) is 10.9 Å². The lowest BCUT2D eigenvalue weighted by molar-refractivity contribution is -0.132. The molecule has 2 amide bonds. The Bertz CT molecular complexity index is 967. The minimum Gasteiger partial charge on any atom is -0.366 e. The van der Waals surface area contributed by atoms with Crippen LogP contribution < -0.4 is 5.73 Å². The van der Waals surface area contributed by atoms with Crippen molar-refractivity contribution >= 4 is 22.7 Å². The molecule has 2 aliphatic rings. The van der Waals surface area contributed by atoms with Gasteiger partial charge < -0.3 is 10.6 Å². The van der Waals surface area contributed by atoms with E-state index in [1.54, 1.807) is 17.0 Å². The molecule has 7 heteroatoms. The second-order valence-corrected chi connectivity index (χ2v) is 7.57. The molecule has 2 N–H and O–H groups in total. The fourth-order valence-electron chi connectivity index (χ4n) is 4.29. The molecule has 28 heavy (non-hydrogen) atoms. The first-order chi connectivity index (χ1) is 13.6. The maximum Gasteiger partial charge on any atom is 0.250 e. The molecule has 2 atom stereocenters. The van der Waals surface area contributed by atoms with E-state index in [0.717, 1.165) is 43.4 Å². The Hall–Kier alpha value is -2.98. The highest BCUT2D eigenvalue weighted by Gasteiger charge is 2.32. The van der Waals surface area contributed by atoms with Gasteiger partial charge in [-0.25, -0.2) is 0 Å². The summed E-state index contributed by atoms with van der Waals surface area (Å²) in [6.45, 7) is 2.58. The molecule has 1 aromatic carbocycles. The number of nitrogens with zero attached hydrogens (tertiary/aromatic N) is 4. The van der Waals surface area contributed by atoms with Crippen molar-refractivity contribution in [2.24, 2.45) is 5.73 Å². The third kappa shape index (κ3) is 3.43. The number of para-hydroxylation sites is 1. The highest BCUT2D eigenvalue weighted by atomic mass is 16.2. The number of nitrogens with two attached hydrogens (primary N) is 1. The number of hydrogen-bond acceptors (Lipinski definition) is 5. The lowest BCUT2D eigenvalue weighted by atomic mass is 10.0. The van der Waals surface area contributed by atoms with E-state index in [0.29, 0.717) is 24.2 Å². The number of nitriles is 1. The van der Waals surface area contributed by atoms with Crippen LogP contribution >= 0.6 is 0 Å². The third-order valence-corrected chi connectivity index (χ3v) is 5.78. The number of likely N-dealkylation sites (tertiary alicyclic amines) is 2. The number of rotatable bonds is 4. The van der Waals surface area contributed by atoms with Crippen molar-refractivity contribution < 1.29 is 9.59 Å². The summed E-state index contributed by atoms with van der Waals surface area (Å²) in [5, 5.41) is 10.1. The van der Waals surface area contributed by atoms with E-state index in [1.165, 1.54) is 0 Å². The largest absolute Gasteiger partial charge is 0.366 e. The number of carbonyl (C=O) groups is 2. The Kier molecular flexibility index (Phi) is 4.97. The number of aromatic nitrogens is 1. The first-order valence-electron chi connectivity index (χ1n) is 9.67. The molecule has 2 fully saturated rings. The molecule has 2 aromatic rings. The first kappa shape index (κ1) is 18.4. The maximum atomic E-state index is 12.6. The molecule has 0 spiro atoms. The fourth-order valence-corrected chi connectivity index (χ4v) is 4.29. The van der Waals surface area contributed by atoms with Crippen molar-refractivity contribution in [3.05, 3.63) is 41.6 Å². The van der Waals surface area contributed by atoms with Crippen LogP contribution in [0.15, 0.2) is 30.3 Å². The Labute approximate surface area is 163 Å². The van der Waals surface area contributed by atoms with Crippen LogP contribution in [0.3, 0.4) is 0 Å². The summed E-state index contributed by atoms with van der Waals surface area (Å²) in [4.78, 5) is 32.8. The van der Waals surface area contributed by atoms with E-state index in [9.17, 15) is 14.9 Å². The Morgan fingerprint density at radius 3 is 2.86 bits per heavy atom. The lowest BCUT2D eigenvalue weighted by Crippen LogP contribution is -2.41. The van der Waals surface area contributed by atoms with Gasteiger partial charge in [-0.2, -0.15) is 5.26 Å². The Morgan fingerprint density at radius 2 is 2.07 bits per heavy atom. The zero-order valence-electron chi connectivity index (χ0n) is 15.7. The number of primary amides is 1. The molecule has 4 rings (SSSR count). The molecule has 144 valence electrons. The average Bonchev–Trinajstić information content (AvgIpc) is 3.36. The van der Waals surface area contributed by atoms with E-state index in [2.05, 4.69) is 11.0 Å². The van der Waals surface area contributed by atoms with Crippen molar-refractivity contribution in [2.75, 3.05) is 26.2 Å². The predicted octanol–water partition coefficient (Wildman–Crippen LogP) is 1.64. The highest BCUT2D eigenvalue weighted by Crippen LogP contribution is 2.28. The van der Waals surface area contributed by atoms with E-state index < -0.39 is 5.91 Å². The van der Waals surface area contributed by atoms with Crippen molar-refractivity contribution in [3.8, 4) is 6.07 Å². The van der Waals surface area contributed by atoms with Gasteiger partial charge in [0.15, 0.2) is 0 Å². The van der Waals surface area contributed by atoms with E-state index in [4.69, 9.17) is 10.7 Å². The van der Waals surface area contributed by atoms with Crippen LogP contribution in [0.1, 0.15) is 41.2 Å². The van der Waals surface area contributed by atoms with E-state index in [1.807, 2.05) is 18.2 Å². The number of benzene rings is 1. The fraction of sp³-hybridized carbons (Fsp3) is 0.429. The maximum absolute atomic E-state index is 12.6. The zero-order chi connectivity index (χ0) is 19.7. The molecule has 0 radical (unpaired) electrons. The smallest absolute Gasteiger partial charge is 0.250 e. The normalized spacial score (nSPS) is 22.5. The summed E-state index contributed by atoms with van der Waals surface area (Å²) >= 11 is 0. The Morgan fingerprint density at radius 1 is 1.21 bits per heavy atom. The second-order valence-electron chi connectivity index (χ2n) is 7.57. The summed E-state index contributed by atoms with van der Waals surface area (Å²) in [5.41, 5.74) is 7.48. The van der Waals surface area contributed by atoms with Gasteiger partial charge in [-0.1, -0.05) is 18.2 Å². The number of carbonyl (C=O) groups excluding carboxylic acids is 2. The van der Waals surface area contributed by atoms with E-state index in [-0.39, 0.29) is 17.9 Å². The van der Waals surface area contributed by atoms with Crippen LogP contribution in [0.5, 0.6) is 0 Å². The minimum atomic E-state index is -0.480. The second kappa shape index (κ2) is 7.56. The monoisotopic (exact) mass is 377 g/mol. The molecule has 2 saturated heterocycles. The first-order valence-corrected chi connectivity index (χ1v) is 9.67. The van der Waals surface area contributed by atoms with Gasteiger partial charge in [-0.3, -0.25) is 19.5 Å². The quantitative estimate of drug-likeness (QED) is 0.872. The minimum absolute atomic E-state index is 0.0344. The summed E-state index contributed by atoms with van der Waals surface area (Å²) in [7, 11) is 0. The summed E-state index contributed by atoms with van der Waals surface area (Å²) < 4.78 is 0. The van der Waals surface area contributed by atoms with Gasteiger partial charge in [0.1, 0.15) is 6.04 Å². The Balaban J connectivity index is 1.47. The highest BCUT2D eigenvalue weighted by molar-refractivity contribution is 6.04. The lowest BCUT2D eigenvalue weighted by Gasteiger charge is -2.23. The van der Waals surface area contributed by atoms with Gasteiger partial charge in [0.2, 0.25) is 5.91 Å². The van der Waals surface area contributed by atoms with Crippen molar-refractivity contribution in [2.45, 2.75) is 31.2 Å². The van der Waals surface area contributed by atoms with Crippen LogP contribution in [-0.4, -0.2) is 58.8 Å². The standard InChI is InChI=1S/C21H23N5O2/c22-11-16-4-2-9-26(16)19(27)13-25-10-8-15(12-25)18-7-6-14-3-1-5-17(21(23)28)20(14)24-18/h1,3,5-7,15-16H,2,4,8-10,12-13H2,(H2,23,28)/t15-,16-/m0/s1. The molecule has 3 heterocycles. The van der Waals surface area contributed by atoms with Crippen LogP contribution in [-0.2, 0) is 4.79 Å². The molecule has 0 unspecified atom stereocenters. The average molecular weight is 377 g/mol. The molecular weight excluding hydrogens is 354 g/mol. The molecule has 7 nitrogen and oxygen atoms in total. The molecule has 0 aliphatic carbocycles. The van der Waals surface area contributed by atoms with Crippen LogP contribution in [0.4, 0.5) is 0 Å². The van der Waals surface area contributed by atoms with E-state index >= 15 is 0 Å². The van der Waals surface area contributed by atoms with Crippen LogP contribution in [0, 0.1) is 11.3 Å². The third-order valence-electron chi connectivity index (χ3n) is 5.78. The van der Waals surface area contributed by atoms with Crippen molar-refractivity contribution in [3.63, 3.8) is 0 Å². The number of fused-ring (bicyclic) bond motifs is 1. The van der Waals surface area contributed by atoms with Crippen molar-refractivity contribution in [1.29, 1.82) is 5.26 Å². The van der Waals surface area contributed by atoms with Gasteiger partial charge in [-0.15, -0.1) is 0 Å². The molecule has 0 bridgehead atoms. The van der Waals surface area contributed by atoms with Gasteiger partial charge in [-0.05, 0) is 37.9 Å². The molecule has 0 saturated carbocycles. The predicted molar refractivity (Wildman–Crippen MR) is 104 cm³/mol. The molecule has 2 aliphatic heterocycles. The van der Waals surface area contributed by atoms with Crippen molar-refractivity contribution in [1.82, 2.24) is 14.8 Å². The molecule has 1 aromatic heterocycles. The van der Waals surface area contributed by atoms with Gasteiger partial charge >= 0.3 is 0 Å². The van der Waals surface area contributed by atoms with Gasteiger partial charge in [0, 0.05) is 30.1 Å². The van der Waals surface area contributed by atoms with Crippen LogP contribution in [0.2, 0.25) is 0 Å². The van der Waals surface area contributed by atoms with Gasteiger partial charge in [0.05, 0.1) is 23.7 Å². The summed E-state index contributed by atoms with van der Waals surface area (Å²) in [6, 6.07) is 11.3. The zero-order valence-corrected chi connectivity index (χ0v) is 15.7. The SMILES string of the molecule is N#C[C@@H]1CCCN1C(=O)CN1CC[C@H](c2ccc3cccc(C(N)=O)c3n2)C1. The summed E-state index contributed by atoms with van der Waals surface area (Å²) in [6.07, 6.45) is 2.58. The molecular formula is C21H23N5O2. The topological polar surface area (TPSA) is 103 Å². The number of hydrogen-bond donors (Lipinski definition) is 1. The number of amides is 2. The summed E-state index contributed by atoms with van der Waals surface area (Å²) in [5.74, 6) is -0.234. The van der Waals surface area contributed by atoms with Gasteiger partial charge in [0.25, 0.3) is 5.91 Å². The number of pyridine rings is 1.